The van der Waals surface area contributed by atoms with Gasteiger partial charge in [0.2, 0.25) is 11.8 Å². The van der Waals surface area contributed by atoms with E-state index >= 15 is 0 Å². The van der Waals surface area contributed by atoms with Gasteiger partial charge in [0.1, 0.15) is 0 Å². The molecule has 0 aliphatic carbocycles. The molecule has 2 rings (SSSR count). The summed E-state index contributed by atoms with van der Waals surface area (Å²) >= 11 is 0. The second-order valence-corrected chi connectivity index (χ2v) is 5.64. The molecule has 5 heteroatoms. The number of carbonyl (C=O) groups excluding carboxylic acids is 2. The van der Waals surface area contributed by atoms with Crippen LogP contribution in [-0.4, -0.2) is 16.8 Å². The first kappa shape index (κ1) is 17.7. The topological polar surface area (TPSA) is 71.1 Å². The van der Waals surface area contributed by atoms with Gasteiger partial charge in [-0.05, 0) is 48.7 Å². The molecule has 2 amide bonds. The second kappa shape index (κ2) is 9.45. The number of nitrogens with one attached hydrogen (secondary N) is 2. The van der Waals surface area contributed by atoms with Crippen molar-refractivity contribution in [2.45, 2.75) is 39.0 Å². The number of aromatic nitrogens is 1. The van der Waals surface area contributed by atoms with E-state index in [1.54, 1.807) is 36.7 Å². The van der Waals surface area contributed by atoms with E-state index in [1.165, 1.54) is 0 Å². The van der Waals surface area contributed by atoms with Gasteiger partial charge in [-0.3, -0.25) is 14.6 Å². The zero-order valence-electron chi connectivity index (χ0n) is 13.9. The molecule has 0 fully saturated rings. The van der Waals surface area contributed by atoms with Crippen LogP contribution in [-0.2, 0) is 16.0 Å². The number of aryl methyl sites for hydroxylation is 1. The summed E-state index contributed by atoms with van der Waals surface area (Å²) in [5, 5.41) is 5.70. The normalized spacial score (nSPS) is 10.2. The van der Waals surface area contributed by atoms with Gasteiger partial charge in [-0.2, -0.15) is 0 Å². The number of benzene rings is 1. The van der Waals surface area contributed by atoms with Crippen LogP contribution in [0, 0.1) is 0 Å². The number of pyridine rings is 1. The molecule has 1 aromatic carbocycles. The second-order valence-electron chi connectivity index (χ2n) is 5.64. The lowest BCUT2D eigenvalue weighted by Gasteiger charge is -2.08. The molecular weight excluding hydrogens is 302 g/mol. The molecule has 0 radical (unpaired) electrons. The van der Waals surface area contributed by atoms with Crippen molar-refractivity contribution < 1.29 is 9.59 Å². The third-order valence-electron chi connectivity index (χ3n) is 3.57. The minimum atomic E-state index is -0.0430. The highest BCUT2D eigenvalue weighted by molar-refractivity contribution is 5.93. The van der Waals surface area contributed by atoms with E-state index in [-0.39, 0.29) is 11.8 Å². The molecule has 0 bridgehead atoms. The minimum Gasteiger partial charge on any atom is -0.326 e. The van der Waals surface area contributed by atoms with Crippen molar-refractivity contribution in [3.8, 4) is 0 Å². The number of hydrogen-bond donors (Lipinski definition) is 2. The first-order chi connectivity index (χ1) is 11.7. The molecular formula is C19H23N3O2. The van der Waals surface area contributed by atoms with Crippen LogP contribution >= 0.6 is 0 Å². The predicted octanol–water partition coefficient (Wildman–Crippen LogP) is 3.78. The van der Waals surface area contributed by atoms with Crippen molar-refractivity contribution in [1.29, 1.82) is 0 Å². The molecule has 0 saturated heterocycles. The van der Waals surface area contributed by atoms with Crippen molar-refractivity contribution in [2.75, 3.05) is 10.6 Å². The fraction of sp³-hybridized carbons (Fsp3) is 0.316. The average molecular weight is 325 g/mol. The van der Waals surface area contributed by atoms with Crippen molar-refractivity contribution in [3.63, 3.8) is 0 Å². The van der Waals surface area contributed by atoms with E-state index in [2.05, 4.69) is 22.5 Å². The standard InChI is InChI=1S/C19H23N3O2/c1-2-3-6-18(23)21-16-8-10-17(11-9-16)22-19(24)12-7-15-5-4-13-20-14-15/h4-5,8-11,13-14H,2-3,6-7,12H2,1H3,(H,21,23)(H,22,24). The van der Waals surface area contributed by atoms with Gasteiger partial charge in [-0.1, -0.05) is 19.4 Å². The molecule has 126 valence electrons. The molecule has 1 aromatic heterocycles. The number of anilines is 2. The summed E-state index contributed by atoms with van der Waals surface area (Å²) in [7, 11) is 0. The highest BCUT2D eigenvalue weighted by Gasteiger charge is 2.05. The molecule has 24 heavy (non-hydrogen) atoms. The van der Waals surface area contributed by atoms with E-state index < -0.39 is 0 Å². The minimum absolute atomic E-state index is 0.0186. The van der Waals surface area contributed by atoms with Crippen LogP contribution in [0.15, 0.2) is 48.8 Å². The summed E-state index contributed by atoms with van der Waals surface area (Å²) in [6.45, 7) is 2.05. The molecule has 0 aliphatic rings. The Bertz CT molecular complexity index is 654. The largest absolute Gasteiger partial charge is 0.326 e. The lowest BCUT2D eigenvalue weighted by atomic mass is 10.1. The molecule has 0 aliphatic heterocycles. The molecule has 0 saturated carbocycles. The van der Waals surface area contributed by atoms with Gasteiger partial charge in [-0.25, -0.2) is 0 Å². The van der Waals surface area contributed by atoms with Crippen LogP contribution in [0.25, 0.3) is 0 Å². The Labute approximate surface area is 142 Å². The molecule has 1 heterocycles. The van der Waals surface area contributed by atoms with Crippen LogP contribution in [0.5, 0.6) is 0 Å². The zero-order valence-corrected chi connectivity index (χ0v) is 13.9. The molecule has 5 nitrogen and oxygen atoms in total. The van der Waals surface area contributed by atoms with Crippen molar-refractivity contribution in [3.05, 3.63) is 54.4 Å². The van der Waals surface area contributed by atoms with E-state index in [1.807, 2.05) is 12.1 Å². The van der Waals surface area contributed by atoms with E-state index in [0.29, 0.717) is 19.3 Å². The van der Waals surface area contributed by atoms with Gasteiger partial charge in [-0.15, -0.1) is 0 Å². The number of rotatable bonds is 8. The predicted molar refractivity (Wildman–Crippen MR) is 95.8 cm³/mol. The Morgan fingerprint density at radius 1 is 0.958 bits per heavy atom. The summed E-state index contributed by atoms with van der Waals surface area (Å²) in [6.07, 6.45) is 6.96. The number of nitrogens with zero attached hydrogens (tertiary/aromatic N) is 1. The number of hydrogen-bond acceptors (Lipinski definition) is 3. The van der Waals surface area contributed by atoms with E-state index in [0.717, 1.165) is 29.8 Å². The summed E-state index contributed by atoms with van der Waals surface area (Å²) in [5.74, 6) is -0.0244. The van der Waals surface area contributed by atoms with Crippen molar-refractivity contribution in [1.82, 2.24) is 4.98 Å². The monoisotopic (exact) mass is 325 g/mol. The van der Waals surface area contributed by atoms with Gasteiger partial charge in [0.05, 0.1) is 0 Å². The lowest BCUT2D eigenvalue weighted by Crippen LogP contribution is -2.13. The average Bonchev–Trinajstić information content (AvgIpc) is 2.61. The van der Waals surface area contributed by atoms with Crippen LogP contribution < -0.4 is 10.6 Å². The highest BCUT2D eigenvalue weighted by Crippen LogP contribution is 2.14. The zero-order chi connectivity index (χ0) is 17.2. The summed E-state index contributed by atoms with van der Waals surface area (Å²) in [4.78, 5) is 27.7. The van der Waals surface area contributed by atoms with Gasteiger partial charge in [0.15, 0.2) is 0 Å². The van der Waals surface area contributed by atoms with Crippen LogP contribution in [0.3, 0.4) is 0 Å². The quantitative estimate of drug-likeness (QED) is 0.776. The first-order valence-corrected chi connectivity index (χ1v) is 8.26. The van der Waals surface area contributed by atoms with Crippen LogP contribution in [0.1, 0.15) is 38.2 Å². The van der Waals surface area contributed by atoms with Crippen LogP contribution in [0.4, 0.5) is 11.4 Å². The van der Waals surface area contributed by atoms with Crippen LogP contribution in [0.2, 0.25) is 0 Å². The van der Waals surface area contributed by atoms with Gasteiger partial charge >= 0.3 is 0 Å². The fourth-order valence-corrected chi connectivity index (χ4v) is 2.23. The Kier molecular flexibility index (Phi) is 6.95. The maximum absolute atomic E-state index is 12.0. The van der Waals surface area contributed by atoms with Gasteiger partial charge in [0, 0.05) is 36.6 Å². The van der Waals surface area contributed by atoms with Gasteiger partial charge in [0.25, 0.3) is 0 Å². The molecule has 0 spiro atoms. The maximum Gasteiger partial charge on any atom is 0.224 e. The highest BCUT2D eigenvalue weighted by atomic mass is 16.2. The van der Waals surface area contributed by atoms with E-state index in [9.17, 15) is 9.59 Å². The molecule has 0 atom stereocenters. The third kappa shape index (κ3) is 6.20. The SMILES string of the molecule is CCCCC(=O)Nc1ccc(NC(=O)CCc2cccnc2)cc1. The maximum atomic E-state index is 12.0. The Hall–Kier alpha value is -2.69. The van der Waals surface area contributed by atoms with Gasteiger partial charge < -0.3 is 10.6 Å². The number of carbonyl (C=O) groups is 2. The third-order valence-corrected chi connectivity index (χ3v) is 3.57. The number of unbranched alkanes of at least 4 members (excludes halogenated alkanes) is 1. The molecule has 2 N–H and O–H groups in total. The van der Waals surface area contributed by atoms with E-state index in [4.69, 9.17) is 0 Å². The first-order valence-electron chi connectivity index (χ1n) is 8.26. The van der Waals surface area contributed by atoms with Crippen molar-refractivity contribution in [2.24, 2.45) is 0 Å². The number of amides is 2. The Morgan fingerprint density at radius 3 is 2.12 bits per heavy atom. The smallest absolute Gasteiger partial charge is 0.224 e. The fourth-order valence-electron chi connectivity index (χ4n) is 2.23. The lowest BCUT2D eigenvalue weighted by molar-refractivity contribution is -0.117. The summed E-state index contributed by atoms with van der Waals surface area (Å²) in [6, 6.07) is 11.0. The Morgan fingerprint density at radius 2 is 1.58 bits per heavy atom. The Balaban J connectivity index is 1.78. The van der Waals surface area contributed by atoms with Crippen molar-refractivity contribution >= 4 is 23.2 Å². The summed E-state index contributed by atoms with van der Waals surface area (Å²) in [5.41, 5.74) is 2.50. The molecule has 2 aromatic rings. The summed E-state index contributed by atoms with van der Waals surface area (Å²) < 4.78 is 0. The molecule has 0 unspecified atom stereocenters.